The molecule has 1 aromatic carbocycles. The van der Waals surface area contributed by atoms with Gasteiger partial charge >= 0.3 is 0 Å². The van der Waals surface area contributed by atoms with Crippen LogP contribution in [0.5, 0.6) is 0 Å². The first-order valence-electron chi connectivity index (χ1n) is 4.34. The van der Waals surface area contributed by atoms with Crippen molar-refractivity contribution in [1.82, 2.24) is 4.57 Å². The number of halogens is 1. The molecule has 1 aromatic heterocycles. The van der Waals surface area contributed by atoms with Gasteiger partial charge in [-0.2, -0.15) is 0 Å². The van der Waals surface area contributed by atoms with Crippen LogP contribution in [-0.4, -0.2) is 9.67 Å². The highest BCUT2D eigenvalue weighted by Crippen LogP contribution is 2.17. The number of aromatic nitrogens is 1. The molecule has 0 spiro atoms. The van der Waals surface area contributed by atoms with Gasteiger partial charge in [-0.25, -0.2) is 0 Å². The predicted octanol–water partition coefficient (Wildman–Crippen LogP) is 2.62. The third-order valence-electron chi connectivity index (χ3n) is 2.08. The molecule has 3 heteroatoms. The fourth-order valence-electron chi connectivity index (χ4n) is 1.42. The van der Waals surface area contributed by atoms with Crippen molar-refractivity contribution in [2.75, 3.05) is 0 Å². The van der Waals surface area contributed by atoms with Crippen LogP contribution in [0.4, 0.5) is 0 Å². The Morgan fingerprint density at radius 2 is 2.07 bits per heavy atom. The molecule has 0 radical (unpaired) electrons. The molecule has 0 saturated carbocycles. The van der Waals surface area contributed by atoms with Crippen molar-refractivity contribution in [3.8, 4) is 5.69 Å². The van der Waals surface area contributed by atoms with Crippen LogP contribution in [0.2, 0.25) is 5.02 Å². The third-order valence-corrected chi connectivity index (χ3v) is 2.32. The summed E-state index contributed by atoms with van der Waals surface area (Å²) in [5, 5.41) is 9.78. The Kier molecular flexibility index (Phi) is 2.57. The molecule has 0 bridgehead atoms. The Labute approximate surface area is 87.4 Å². The quantitative estimate of drug-likeness (QED) is 0.805. The normalized spacial score (nSPS) is 10.4. The summed E-state index contributed by atoms with van der Waals surface area (Å²) in [6, 6.07) is 11.3. The molecule has 2 nitrogen and oxygen atoms in total. The molecule has 0 unspecified atom stereocenters. The SMILES string of the molecule is OCc1cccn1-c1cccc(Cl)c1. The van der Waals surface area contributed by atoms with E-state index in [0.717, 1.165) is 11.4 Å². The number of hydrogen-bond acceptors (Lipinski definition) is 1. The van der Waals surface area contributed by atoms with E-state index in [2.05, 4.69) is 0 Å². The zero-order chi connectivity index (χ0) is 9.97. The maximum absolute atomic E-state index is 9.08. The maximum Gasteiger partial charge on any atom is 0.0836 e. The molecule has 0 aliphatic heterocycles. The Morgan fingerprint density at radius 1 is 1.21 bits per heavy atom. The lowest BCUT2D eigenvalue weighted by atomic mass is 10.3. The van der Waals surface area contributed by atoms with Crippen LogP contribution < -0.4 is 0 Å². The van der Waals surface area contributed by atoms with E-state index in [9.17, 15) is 0 Å². The van der Waals surface area contributed by atoms with Crippen molar-refractivity contribution in [2.24, 2.45) is 0 Å². The number of aliphatic hydroxyl groups excluding tert-OH is 1. The van der Waals surface area contributed by atoms with Gasteiger partial charge in [0, 0.05) is 22.6 Å². The van der Waals surface area contributed by atoms with Crippen molar-refractivity contribution >= 4 is 11.6 Å². The van der Waals surface area contributed by atoms with Crippen LogP contribution >= 0.6 is 11.6 Å². The standard InChI is InChI=1S/C11H10ClNO/c12-9-3-1-4-10(7-9)13-6-2-5-11(13)8-14/h1-7,14H,8H2. The first-order valence-corrected chi connectivity index (χ1v) is 4.72. The average Bonchev–Trinajstić information content (AvgIpc) is 2.65. The van der Waals surface area contributed by atoms with Gasteiger partial charge in [0.2, 0.25) is 0 Å². The Morgan fingerprint density at radius 3 is 2.79 bits per heavy atom. The molecule has 0 saturated heterocycles. The molecule has 14 heavy (non-hydrogen) atoms. The summed E-state index contributed by atoms with van der Waals surface area (Å²) in [6.45, 7) is 0.0273. The van der Waals surface area contributed by atoms with Gasteiger partial charge in [0.25, 0.3) is 0 Å². The Hall–Kier alpha value is -1.25. The van der Waals surface area contributed by atoms with E-state index in [1.165, 1.54) is 0 Å². The lowest BCUT2D eigenvalue weighted by Crippen LogP contribution is -1.97. The van der Waals surface area contributed by atoms with Gasteiger partial charge in [-0.3, -0.25) is 0 Å². The first-order chi connectivity index (χ1) is 6.81. The summed E-state index contributed by atoms with van der Waals surface area (Å²) in [5.74, 6) is 0. The van der Waals surface area contributed by atoms with E-state index in [-0.39, 0.29) is 6.61 Å². The Balaban J connectivity index is 2.49. The number of hydrogen-bond donors (Lipinski definition) is 1. The average molecular weight is 208 g/mol. The predicted molar refractivity (Wildman–Crippen MR) is 56.7 cm³/mol. The maximum atomic E-state index is 9.08. The van der Waals surface area contributed by atoms with Gasteiger partial charge in [0.05, 0.1) is 6.61 Å². The van der Waals surface area contributed by atoms with Crippen LogP contribution in [0.25, 0.3) is 5.69 Å². The second-order valence-electron chi connectivity index (χ2n) is 3.01. The van der Waals surface area contributed by atoms with Crippen molar-refractivity contribution in [1.29, 1.82) is 0 Å². The molecule has 0 atom stereocenters. The molecule has 0 amide bonds. The van der Waals surface area contributed by atoms with Crippen molar-refractivity contribution in [2.45, 2.75) is 6.61 Å². The molecule has 1 heterocycles. The summed E-state index contributed by atoms with van der Waals surface area (Å²) in [4.78, 5) is 0. The lowest BCUT2D eigenvalue weighted by molar-refractivity contribution is 0.274. The number of nitrogens with zero attached hydrogens (tertiary/aromatic N) is 1. The van der Waals surface area contributed by atoms with Crippen LogP contribution in [0.3, 0.4) is 0 Å². The van der Waals surface area contributed by atoms with Crippen molar-refractivity contribution in [3.63, 3.8) is 0 Å². The highest BCUT2D eigenvalue weighted by molar-refractivity contribution is 6.30. The van der Waals surface area contributed by atoms with Gasteiger partial charge in [-0.15, -0.1) is 0 Å². The van der Waals surface area contributed by atoms with Crippen LogP contribution in [0, 0.1) is 0 Å². The largest absolute Gasteiger partial charge is 0.390 e. The number of rotatable bonds is 2. The minimum absolute atomic E-state index is 0.0273. The summed E-state index contributed by atoms with van der Waals surface area (Å²) in [7, 11) is 0. The molecule has 0 aliphatic rings. The van der Waals surface area contributed by atoms with Crippen molar-refractivity contribution in [3.05, 3.63) is 53.3 Å². The van der Waals surface area contributed by atoms with Crippen molar-refractivity contribution < 1.29 is 5.11 Å². The van der Waals surface area contributed by atoms with Gasteiger partial charge in [0.1, 0.15) is 0 Å². The van der Waals surface area contributed by atoms with E-state index in [1.807, 2.05) is 47.2 Å². The second kappa shape index (κ2) is 3.86. The third kappa shape index (κ3) is 1.67. The van der Waals surface area contributed by atoms with Gasteiger partial charge in [0.15, 0.2) is 0 Å². The zero-order valence-corrected chi connectivity index (χ0v) is 8.28. The summed E-state index contributed by atoms with van der Waals surface area (Å²) < 4.78 is 1.91. The summed E-state index contributed by atoms with van der Waals surface area (Å²) in [5.41, 5.74) is 1.82. The molecule has 0 fully saturated rings. The smallest absolute Gasteiger partial charge is 0.0836 e. The van der Waals surface area contributed by atoms with Crippen LogP contribution in [0.15, 0.2) is 42.6 Å². The minimum Gasteiger partial charge on any atom is -0.390 e. The van der Waals surface area contributed by atoms with E-state index in [4.69, 9.17) is 16.7 Å². The number of benzene rings is 1. The monoisotopic (exact) mass is 207 g/mol. The summed E-state index contributed by atoms with van der Waals surface area (Å²) >= 11 is 5.88. The fraction of sp³-hybridized carbons (Fsp3) is 0.0909. The molecule has 2 rings (SSSR count). The molecule has 0 aliphatic carbocycles. The number of aliphatic hydroxyl groups is 1. The molecule has 1 N–H and O–H groups in total. The fourth-order valence-corrected chi connectivity index (χ4v) is 1.61. The molecule has 72 valence electrons. The van der Waals surface area contributed by atoms with E-state index in [1.54, 1.807) is 0 Å². The molecular formula is C11H10ClNO. The van der Waals surface area contributed by atoms with E-state index in [0.29, 0.717) is 5.02 Å². The van der Waals surface area contributed by atoms with Crippen LogP contribution in [-0.2, 0) is 6.61 Å². The minimum atomic E-state index is 0.0273. The highest BCUT2D eigenvalue weighted by Gasteiger charge is 2.01. The van der Waals surface area contributed by atoms with Gasteiger partial charge in [-0.05, 0) is 30.3 Å². The van der Waals surface area contributed by atoms with Gasteiger partial charge in [-0.1, -0.05) is 17.7 Å². The lowest BCUT2D eigenvalue weighted by Gasteiger charge is -2.07. The highest BCUT2D eigenvalue weighted by atomic mass is 35.5. The molecular weight excluding hydrogens is 198 g/mol. The van der Waals surface area contributed by atoms with Crippen LogP contribution in [0.1, 0.15) is 5.69 Å². The second-order valence-corrected chi connectivity index (χ2v) is 3.44. The molecule has 2 aromatic rings. The zero-order valence-electron chi connectivity index (χ0n) is 7.52. The van der Waals surface area contributed by atoms with E-state index < -0.39 is 0 Å². The first kappa shape index (κ1) is 9.31. The summed E-state index contributed by atoms with van der Waals surface area (Å²) in [6.07, 6.45) is 1.90. The Bertz CT molecular complexity index is 436. The van der Waals surface area contributed by atoms with Gasteiger partial charge < -0.3 is 9.67 Å². The topological polar surface area (TPSA) is 25.2 Å². The van der Waals surface area contributed by atoms with E-state index >= 15 is 0 Å².